The predicted molar refractivity (Wildman–Crippen MR) is 98.1 cm³/mol. The summed E-state index contributed by atoms with van der Waals surface area (Å²) >= 11 is 0. The SMILES string of the molecule is COCCNC(c1ccccc1)C(NCCOC)c1ccccc1. The zero-order chi connectivity index (χ0) is 17.0. The summed E-state index contributed by atoms with van der Waals surface area (Å²) in [4.78, 5) is 0. The van der Waals surface area contributed by atoms with Crippen molar-refractivity contribution in [3.63, 3.8) is 0 Å². The van der Waals surface area contributed by atoms with Crippen LogP contribution in [0.3, 0.4) is 0 Å². The van der Waals surface area contributed by atoms with E-state index in [-0.39, 0.29) is 12.1 Å². The van der Waals surface area contributed by atoms with E-state index >= 15 is 0 Å². The molecule has 0 spiro atoms. The molecule has 2 aromatic rings. The topological polar surface area (TPSA) is 42.5 Å². The molecule has 0 aliphatic carbocycles. The van der Waals surface area contributed by atoms with Gasteiger partial charge in [0.2, 0.25) is 0 Å². The van der Waals surface area contributed by atoms with Crippen molar-refractivity contribution in [3.05, 3.63) is 71.8 Å². The Labute approximate surface area is 145 Å². The summed E-state index contributed by atoms with van der Waals surface area (Å²) in [6.07, 6.45) is 0. The lowest BCUT2D eigenvalue weighted by atomic mass is 9.93. The second-order valence-corrected chi connectivity index (χ2v) is 5.67. The van der Waals surface area contributed by atoms with E-state index in [0.717, 1.165) is 13.1 Å². The molecule has 4 heteroatoms. The normalized spacial score (nSPS) is 13.6. The molecule has 2 rings (SSSR count). The number of rotatable bonds is 11. The number of nitrogens with one attached hydrogen (secondary N) is 2. The Bertz CT molecular complexity index is 497. The van der Waals surface area contributed by atoms with Crippen LogP contribution in [-0.4, -0.2) is 40.5 Å². The first-order valence-corrected chi connectivity index (χ1v) is 8.41. The van der Waals surface area contributed by atoms with Crippen molar-refractivity contribution < 1.29 is 9.47 Å². The van der Waals surface area contributed by atoms with Gasteiger partial charge in [-0.15, -0.1) is 0 Å². The van der Waals surface area contributed by atoms with E-state index in [9.17, 15) is 0 Å². The van der Waals surface area contributed by atoms with Crippen LogP contribution in [0.15, 0.2) is 60.7 Å². The molecule has 2 N–H and O–H groups in total. The van der Waals surface area contributed by atoms with Crippen molar-refractivity contribution in [2.45, 2.75) is 12.1 Å². The molecule has 0 bridgehead atoms. The van der Waals surface area contributed by atoms with Gasteiger partial charge >= 0.3 is 0 Å². The Balaban J connectivity index is 2.24. The molecule has 4 nitrogen and oxygen atoms in total. The lowest BCUT2D eigenvalue weighted by molar-refractivity contribution is 0.183. The molecule has 0 radical (unpaired) electrons. The highest BCUT2D eigenvalue weighted by atomic mass is 16.5. The van der Waals surface area contributed by atoms with Crippen LogP contribution in [0.4, 0.5) is 0 Å². The van der Waals surface area contributed by atoms with Crippen LogP contribution in [0.2, 0.25) is 0 Å². The van der Waals surface area contributed by atoms with Crippen molar-refractivity contribution in [3.8, 4) is 0 Å². The lowest BCUT2D eigenvalue weighted by Gasteiger charge is -2.30. The van der Waals surface area contributed by atoms with Gasteiger partial charge in [-0.05, 0) is 11.1 Å². The Hall–Kier alpha value is -1.72. The molecule has 0 heterocycles. The van der Waals surface area contributed by atoms with Crippen molar-refractivity contribution in [2.75, 3.05) is 40.5 Å². The highest BCUT2D eigenvalue weighted by Crippen LogP contribution is 2.28. The average molecular weight is 328 g/mol. The second-order valence-electron chi connectivity index (χ2n) is 5.67. The molecule has 0 aliphatic heterocycles. The largest absolute Gasteiger partial charge is 0.383 e. The Morgan fingerprint density at radius 2 is 1.04 bits per heavy atom. The fourth-order valence-electron chi connectivity index (χ4n) is 2.81. The monoisotopic (exact) mass is 328 g/mol. The smallest absolute Gasteiger partial charge is 0.0587 e. The number of benzene rings is 2. The first-order valence-electron chi connectivity index (χ1n) is 8.41. The minimum Gasteiger partial charge on any atom is -0.383 e. The first kappa shape index (κ1) is 18.6. The highest BCUT2D eigenvalue weighted by Gasteiger charge is 2.23. The van der Waals surface area contributed by atoms with E-state index in [1.165, 1.54) is 11.1 Å². The molecule has 0 fully saturated rings. The number of methoxy groups -OCH3 is 2. The summed E-state index contributed by atoms with van der Waals surface area (Å²) in [5.41, 5.74) is 2.51. The molecular weight excluding hydrogens is 300 g/mol. The molecule has 24 heavy (non-hydrogen) atoms. The third kappa shape index (κ3) is 5.73. The fraction of sp³-hybridized carbons (Fsp3) is 0.400. The predicted octanol–water partition coefficient (Wildman–Crippen LogP) is 2.94. The van der Waals surface area contributed by atoms with Crippen molar-refractivity contribution >= 4 is 0 Å². The average Bonchev–Trinajstić information content (AvgIpc) is 2.65. The maximum absolute atomic E-state index is 5.21. The summed E-state index contributed by atoms with van der Waals surface area (Å²) in [6.45, 7) is 2.96. The first-order chi connectivity index (χ1) is 11.9. The van der Waals surface area contributed by atoms with Crippen molar-refractivity contribution in [2.24, 2.45) is 0 Å². The zero-order valence-electron chi connectivity index (χ0n) is 14.6. The van der Waals surface area contributed by atoms with Gasteiger partial charge in [0.1, 0.15) is 0 Å². The number of hydrogen-bond acceptors (Lipinski definition) is 4. The van der Waals surface area contributed by atoms with Crippen LogP contribution in [0, 0.1) is 0 Å². The molecule has 0 saturated heterocycles. The molecule has 2 atom stereocenters. The quantitative estimate of drug-likeness (QED) is 0.623. The van der Waals surface area contributed by atoms with Gasteiger partial charge in [-0.3, -0.25) is 0 Å². The molecule has 0 saturated carbocycles. The molecule has 130 valence electrons. The molecule has 0 aromatic heterocycles. The van der Waals surface area contributed by atoms with Gasteiger partial charge in [-0.2, -0.15) is 0 Å². The minimum atomic E-state index is 0.153. The van der Waals surface area contributed by atoms with Crippen molar-refractivity contribution in [1.82, 2.24) is 10.6 Å². The van der Waals surface area contributed by atoms with E-state index in [0.29, 0.717) is 13.2 Å². The third-order valence-electron chi connectivity index (χ3n) is 3.99. The third-order valence-corrected chi connectivity index (χ3v) is 3.99. The van der Waals surface area contributed by atoms with E-state index < -0.39 is 0 Å². The van der Waals surface area contributed by atoms with Gasteiger partial charge < -0.3 is 20.1 Å². The summed E-state index contributed by atoms with van der Waals surface area (Å²) in [5, 5.41) is 7.27. The van der Waals surface area contributed by atoms with Crippen LogP contribution in [0.1, 0.15) is 23.2 Å². The second kappa shape index (κ2) is 10.9. The standard InChI is InChI=1S/C20H28N2O2/c1-23-15-13-21-19(17-9-5-3-6-10-17)20(22-14-16-24-2)18-11-7-4-8-12-18/h3-12,19-22H,13-16H2,1-2H3. The van der Waals surface area contributed by atoms with Crippen LogP contribution >= 0.6 is 0 Å². The minimum absolute atomic E-state index is 0.153. The van der Waals surface area contributed by atoms with Gasteiger partial charge in [-0.25, -0.2) is 0 Å². The molecule has 2 unspecified atom stereocenters. The maximum Gasteiger partial charge on any atom is 0.0587 e. The van der Waals surface area contributed by atoms with Crippen LogP contribution in [0.5, 0.6) is 0 Å². The van der Waals surface area contributed by atoms with Gasteiger partial charge in [0.05, 0.1) is 25.3 Å². The zero-order valence-corrected chi connectivity index (χ0v) is 14.6. The summed E-state index contributed by atoms with van der Waals surface area (Å²) in [5.74, 6) is 0. The maximum atomic E-state index is 5.21. The molecule has 0 amide bonds. The lowest BCUT2D eigenvalue weighted by Crippen LogP contribution is -2.38. The molecule has 2 aromatic carbocycles. The Kier molecular flexibility index (Phi) is 8.49. The summed E-state index contributed by atoms with van der Waals surface area (Å²) in [7, 11) is 3.45. The Morgan fingerprint density at radius 1 is 0.667 bits per heavy atom. The van der Waals surface area contributed by atoms with E-state index in [4.69, 9.17) is 9.47 Å². The molecule has 0 aliphatic rings. The van der Waals surface area contributed by atoms with Gasteiger partial charge in [-0.1, -0.05) is 60.7 Å². The van der Waals surface area contributed by atoms with E-state index in [2.05, 4.69) is 59.2 Å². The van der Waals surface area contributed by atoms with Crippen LogP contribution in [0.25, 0.3) is 0 Å². The fourth-order valence-corrected chi connectivity index (χ4v) is 2.81. The summed E-state index contributed by atoms with van der Waals surface area (Å²) in [6, 6.07) is 21.4. The van der Waals surface area contributed by atoms with Gasteiger partial charge in [0.15, 0.2) is 0 Å². The van der Waals surface area contributed by atoms with Crippen LogP contribution < -0.4 is 10.6 Å². The van der Waals surface area contributed by atoms with Gasteiger partial charge in [0.25, 0.3) is 0 Å². The van der Waals surface area contributed by atoms with Crippen LogP contribution in [-0.2, 0) is 9.47 Å². The number of hydrogen-bond donors (Lipinski definition) is 2. The van der Waals surface area contributed by atoms with Gasteiger partial charge in [0, 0.05) is 27.3 Å². The molecular formula is C20H28N2O2. The highest BCUT2D eigenvalue weighted by molar-refractivity contribution is 5.27. The number of ether oxygens (including phenoxy) is 2. The Morgan fingerprint density at radius 3 is 1.38 bits per heavy atom. The van der Waals surface area contributed by atoms with Crippen molar-refractivity contribution in [1.29, 1.82) is 0 Å². The van der Waals surface area contributed by atoms with E-state index in [1.807, 2.05) is 12.1 Å². The van der Waals surface area contributed by atoms with E-state index in [1.54, 1.807) is 14.2 Å². The summed E-state index contributed by atoms with van der Waals surface area (Å²) < 4.78 is 10.4.